The van der Waals surface area contributed by atoms with Crippen molar-refractivity contribution >= 4 is 0 Å². The number of ether oxygens (including phenoxy) is 1. The average molecular weight is 145 g/mol. The Labute approximate surface area is 59.7 Å². The summed E-state index contributed by atoms with van der Waals surface area (Å²) in [5.74, 6) is 0. The molecule has 0 spiro atoms. The van der Waals surface area contributed by atoms with Crippen molar-refractivity contribution in [2.45, 2.75) is 12.5 Å². The smallest absolute Gasteiger partial charge is 0.146 e. The summed E-state index contributed by atoms with van der Waals surface area (Å²) in [5, 5.41) is 25.0. The molecular weight excluding hydrogens is 134 g/mol. The van der Waals surface area contributed by atoms with Crippen molar-refractivity contribution in [2.75, 3.05) is 19.8 Å². The molecule has 58 valence electrons. The lowest BCUT2D eigenvalue weighted by Crippen LogP contribution is -2.14. The fourth-order valence-corrected chi connectivity index (χ4v) is 0.497. The second kappa shape index (κ2) is 6.49. The van der Waals surface area contributed by atoms with E-state index >= 15 is 0 Å². The molecule has 10 heavy (non-hydrogen) atoms. The Morgan fingerprint density at radius 2 is 2.10 bits per heavy atom. The zero-order chi connectivity index (χ0) is 7.82. The molecule has 2 N–H and O–H groups in total. The van der Waals surface area contributed by atoms with Gasteiger partial charge in [-0.1, -0.05) is 0 Å². The van der Waals surface area contributed by atoms with Crippen LogP contribution in [0.5, 0.6) is 0 Å². The van der Waals surface area contributed by atoms with E-state index in [0.717, 1.165) is 0 Å². The molecule has 0 aromatic heterocycles. The summed E-state index contributed by atoms with van der Waals surface area (Å²) in [4.78, 5) is 0. The lowest BCUT2D eigenvalue weighted by atomic mass is 10.3. The van der Waals surface area contributed by atoms with E-state index < -0.39 is 6.10 Å². The van der Waals surface area contributed by atoms with Crippen molar-refractivity contribution in [1.29, 1.82) is 5.26 Å². The SMILES string of the molecule is N#C[C@H](CCO)OCCO. The summed E-state index contributed by atoms with van der Waals surface area (Å²) < 4.78 is 4.81. The van der Waals surface area contributed by atoms with Gasteiger partial charge in [-0.3, -0.25) is 0 Å². The van der Waals surface area contributed by atoms with Gasteiger partial charge >= 0.3 is 0 Å². The van der Waals surface area contributed by atoms with Crippen LogP contribution in [0.25, 0.3) is 0 Å². The monoisotopic (exact) mass is 145 g/mol. The van der Waals surface area contributed by atoms with E-state index in [0.29, 0.717) is 6.42 Å². The number of nitriles is 1. The number of rotatable bonds is 5. The number of aliphatic hydroxyl groups excluding tert-OH is 2. The van der Waals surface area contributed by atoms with Crippen LogP contribution >= 0.6 is 0 Å². The van der Waals surface area contributed by atoms with E-state index in [9.17, 15) is 0 Å². The summed E-state index contributed by atoms with van der Waals surface area (Å²) in [6.07, 6.45) is -0.284. The lowest BCUT2D eigenvalue weighted by Gasteiger charge is -2.06. The first-order valence-electron chi connectivity index (χ1n) is 3.08. The molecular formula is C6H11NO3. The largest absolute Gasteiger partial charge is 0.396 e. The molecule has 0 saturated carbocycles. The third kappa shape index (κ3) is 4.27. The highest BCUT2D eigenvalue weighted by molar-refractivity contribution is 4.83. The van der Waals surface area contributed by atoms with E-state index in [1.54, 1.807) is 0 Å². The predicted octanol–water partition coefficient (Wildman–Crippen LogP) is -0.730. The van der Waals surface area contributed by atoms with Crippen LogP contribution in [-0.2, 0) is 4.74 Å². The predicted molar refractivity (Wildman–Crippen MR) is 34.1 cm³/mol. The fourth-order valence-electron chi connectivity index (χ4n) is 0.497. The summed E-state index contributed by atoms with van der Waals surface area (Å²) in [6, 6.07) is 1.84. The highest BCUT2D eigenvalue weighted by atomic mass is 16.5. The highest BCUT2D eigenvalue weighted by Crippen LogP contribution is 1.94. The van der Waals surface area contributed by atoms with Crippen molar-refractivity contribution in [3.05, 3.63) is 0 Å². The van der Waals surface area contributed by atoms with E-state index in [1.165, 1.54) is 0 Å². The van der Waals surface area contributed by atoms with Crippen LogP contribution in [0.15, 0.2) is 0 Å². The van der Waals surface area contributed by atoms with Crippen molar-refractivity contribution in [3.8, 4) is 6.07 Å². The quantitative estimate of drug-likeness (QED) is 0.535. The molecule has 0 heterocycles. The summed E-state index contributed by atoms with van der Waals surface area (Å²) in [6.45, 7) is -0.00844. The Hall–Kier alpha value is -0.630. The first-order chi connectivity index (χ1) is 4.85. The van der Waals surface area contributed by atoms with Crippen molar-refractivity contribution < 1.29 is 14.9 Å². The van der Waals surface area contributed by atoms with Crippen LogP contribution in [0.4, 0.5) is 0 Å². The molecule has 0 unspecified atom stereocenters. The molecule has 0 radical (unpaired) electrons. The Kier molecular flexibility index (Phi) is 6.08. The minimum atomic E-state index is -0.586. The summed E-state index contributed by atoms with van der Waals surface area (Å²) in [5.41, 5.74) is 0. The molecule has 0 aliphatic rings. The van der Waals surface area contributed by atoms with E-state index in [1.807, 2.05) is 6.07 Å². The molecule has 0 bridgehead atoms. The molecule has 0 aromatic rings. The summed E-state index contributed by atoms with van der Waals surface area (Å²) >= 11 is 0. The van der Waals surface area contributed by atoms with Gasteiger partial charge in [0.2, 0.25) is 0 Å². The van der Waals surface area contributed by atoms with Gasteiger partial charge < -0.3 is 14.9 Å². The van der Waals surface area contributed by atoms with E-state index in [4.69, 9.17) is 20.2 Å². The van der Waals surface area contributed by atoms with Crippen LogP contribution in [0.2, 0.25) is 0 Å². The van der Waals surface area contributed by atoms with Crippen LogP contribution < -0.4 is 0 Å². The number of aliphatic hydroxyl groups is 2. The first-order valence-corrected chi connectivity index (χ1v) is 3.08. The minimum absolute atomic E-state index is 0.0658. The van der Waals surface area contributed by atoms with Gasteiger partial charge in [-0.2, -0.15) is 5.26 Å². The maximum absolute atomic E-state index is 8.37. The molecule has 4 heteroatoms. The first kappa shape index (κ1) is 9.37. The fraction of sp³-hybridized carbons (Fsp3) is 0.833. The van der Waals surface area contributed by atoms with Gasteiger partial charge in [0.15, 0.2) is 0 Å². The van der Waals surface area contributed by atoms with Gasteiger partial charge in [-0.25, -0.2) is 0 Å². The topological polar surface area (TPSA) is 73.5 Å². The molecule has 0 aliphatic carbocycles. The molecule has 0 rings (SSSR count). The molecule has 0 aromatic carbocycles. The molecule has 0 saturated heterocycles. The van der Waals surface area contributed by atoms with Crippen molar-refractivity contribution in [2.24, 2.45) is 0 Å². The van der Waals surface area contributed by atoms with Gasteiger partial charge in [-0.15, -0.1) is 0 Å². The zero-order valence-electron chi connectivity index (χ0n) is 5.66. The Morgan fingerprint density at radius 1 is 1.40 bits per heavy atom. The average Bonchev–Trinajstić information content (AvgIpc) is 1.98. The van der Waals surface area contributed by atoms with Crippen molar-refractivity contribution in [3.63, 3.8) is 0 Å². The molecule has 4 nitrogen and oxygen atoms in total. The van der Waals surface area contributed by atoms with E-state index in [2.05, 4.69) is 0 Å². The number of nitrogens with zero attached hydrogens (tertiary/aromatic N) is 1. The van der Waals surface area contributed by atoms with Gasteiger partial charge in [0, 0.05) is 13.0 Å². The molecule has 0 amide bonds. The normalized spacial score (nSPS) is 12.5. The van der Waals surface area contributed by atoms with Gasteiger partial charge in [0.25, 0.3) is 0 Å². The second-order valence-electron chi connectivity index (χ2n) is 1.72. The maximum Gasteiger partial charge on any atom is 0.146 e. The zero-order valence-corrected chi connectivity index (χ0v) is 5.66. The van der Waals surface area contributed by atoms with E-state index in [-0.39, 0.29) is 19.8 Å². The van der Waals surface area contributed by atoms with Gasteiger partial charge in [-0.05, 0) is 0 Å². The standard InChI is InChI=1S/C6H11NO3/c7-5-6(1-2-8)10-4-3-9/h6,8-9H,1-4H2/t6-/m0/s1. The highest BCUT2D eigenvalue weighted by Gasteiger charge is 2.04. The van der Waals surface area contributed by atoms with Crippen LogP contribution in [-0.4, -0.2) is 36.1 Å². The number of hydrogen-bond acceptors (Lipinski definition) is 4. The molecule has 1 atom stereocenters. The Bertz CT molecular complexity index is 110. The maximum atomic E-state index is 8.37. The Morgan fingerprint density at radius 3 is 2.50 bits per heavy atom. The third-order valence-corrected chi connectivity index (χ3v) is 0.946. The van der Waals surface area contributed by atoms with Crippen molar-refractivity contribution in [1.82, 2.24) is 0 Å². The van der Waals surface area contributed by atoms with Crippen LogP contribution in [0.3, 0.4) is 0 Å². The van der Waals surface area contributed by atoms with Crippen LogP contribution in [0.1, 0.15) is 6.42 Å². The summed E-state index contributed by atoms with van der Waals surface area (Å²) in [7, 11) is 0. The number of hydrogen-bond donors (Lipinski definition) is 2. The van der Waals surface area contributed by atoms with Gasteiger partial charge in [0.05, 0.1) is 19.3 Å². The molecule has 0 aliphatic heterocycles. The van der Waals surface area contributed by atoms with Gasteiger partial charge in [0.1, 0.15) is 6.10 Å². The molecule has 0 fully saturated rings. The Balaban J connectivity index is 3.33. The lowest BCUT2D eigenvalue weighted by molar-refractivity contribution is 0.0450. The minimum Gasteiger partial charge on any atom is -0.396 e. The van der Waals surface area contributed by atoms with Crippen LogP contribution in [0, 0.1) is 11.3 Å². The second-order valence-corrected chi connectivity index (χ2v) is 1.72. The third-order valence-electron chi connectivity index (χ3n) is 0.946.